The van der Waals surface area contributed by atoms with E-state index in [1.165, 1.54) is 152 Å². The standard InChI is InChI=1S/C15H19F3O4.C15H21FO4.C15H21NO6.C15H23NO4.C15H22O4S/c1-7(15(16,17)18)6-8(19)9-10(20)13(2,3)12(22)14(4,5)11(9)21;1-8(7-16)6-9(17)10-11(18)14(2,3)13(20)15(4,5)12(10)19;1-8(7-16(21)22)6-9(17)10-11(18)14(2,3)13(20)15(4,5)12(10)19;1-8(2)7-9(16-20)10-11(17)14(3,4)13(19)15(5,6)12(10)18;1-8(7-20)6-9(16)10-11(17)14(2,3)13(19)15(4,5)12(10)18/h7,9H,6H2,1-5H3;8,10H,6-7H2,1-5H3;8,10H,6-7H2,1-5H3;8,10,20H,7H2,1-6H3;8,10,20H,6-7H2,1-5H3/b;;;16-9+;. The van der Waals surface area contributed by atoms with Crippen LogP contribution in [0.15, 0.2) is 5.16 Å². The summed E-state index contributed by atoms with van der Waals surface area (Å²) in [4.78, 5) is 244. The average Bonchev–Trinajstić information content (AvgIpc) is 0.770. The van der Waals surface area contributed by atoms with Crippen molar-refractivity contribution in [2.75, 3.05) is 19.0 Å². The van der Waals surface area contributed by atoms with E-state index >= 15 is 0 Å². The van der Waals surface area contributed by atoms with E-state index < -0.39 is 236 Å². The minimum atomic E-state index is -4.59. The molecule has 5 fully saturated rings. The molecule has 29 heteroatoms. The first kappa shape index (κ1) is 94.7. The Bertz CT molecular complexity index is 3390. The van der Waals surface area contributed by atoms with Gasteiger partial charge < -0.3 is 5.21 Å². The molecule has 0 spiro atoms. The van der Waals surface area contributed by atoms with Gasteiger partial charge in [-0.3, -0.25) is 106 Å². The second kappa shape index (κ2) is 33.2. The molecule has 582 valence electrons. The number of Topliss-reactive ketones (excluding diaryl/α,β-unsaturated/α-hetero) is 19. The highest BCUT2D eigenvalue weighted by Gasteiger charge is 2.65. The molecule has 0 saturated heterocycles. The molecule has 5 rings (SSSR count). The van der Waals surface area contributed by atoms with Gasteiger partial charge in [0.05, 0.1) is 72.5 Å². The molecule has 104 heavy (non-hydrogen) atoms. The van der Waals surface area contributed by atoms with Crippen LogP contribution in [-0.2, 0) is 91.1 Å². The summed E-state index contributed by atoms with van der Waals surface area (Å²) in [7, 11) is 0. The van der Waals surface area contributed by atoms with Gasteiger partial charge in [0.15, 0.2) is 110 Å². The second-order valence-electron chi connectivity index (χ2n) is 34.2. The Kier molecular flexibility index (Phi) is 30.2. The van der Waals surface area contributed by atoms with Gasteiger partial charge in [0.2, 0.25) is 6.54 Å². The highest BCUT2D eigenvalue weighted by molar-refractivity contribution is 7.80. The van der Waals surface area contributed by atoms with E-state index in [1.54, 1.807) is 0 Å². The van der Waals surface area contributed by atoms with Crippen LogP contribution in [0.1, 0.15) is 212 Å². The number of carbonyl (C=O) groups is 19. The smallest absolute Gasteiger partial charge is 0.391 e. The maximum atomic E-state index is 12.6. The van der Waals surface area contributed by atoms with Gasteiger partial charge in [-0.05, 0) is 168 Å². The molecule has 5 aliphatic carbocycles. The molecule has 0 radical (unpaired) electrons. The molecule has 0 aliphatic heterocycles. The van der Waals surface area contributed by atoms with Crippen LogP contribution in [0.25, 0.3) is 0 Å². The van der Waals surface area contributed by atoms with Crippen molar-refractivity contribution in [1.82, 2.24) is 0 Å². The highest BCUT2D eigenvalue weighted by Crippen LogP contribution is 2.47. The number of thiol groups is 1. The molecule has 1 N–H and O–H groups in total. The molecule has 4 atom stereocenters. The fourth-order valence-corrected chi connectivity index (χ4v) is 13.8. The van der Waals surface area contributed by atoms with Crippen LogP contribution >= 0.6 is 12.6 Å². The Hall–Kier alpha value is -7.33. The molecule has 0 aromatic heterocycles. The number of carbonyl (C=O) groups excluding carboxylic acids is 19. The molecular weight excluding hydrogens is 1390 g/mol. The number of nitrogens with zero attached hydrogens (tertiary/aromatic N) is 2. The largest absolute Gasteiger partial charge is 0.411 e. The third-order valence-electron chi connectivity index (χ3n) is 20.6. The maximum Gasteiger partial charge on any atom is 0.391 e. The monoisotopic (exact) mass is 1490 g/mol. The topological polar surface area (TPSA) is 400 Å². The first-order valence-electron chi connectivity index (χ1n) is 34.3. The fraction of sp³-hybridized carbons (Fsp3) is 0.733. The van der Waals surface area contributed by atoms with Crippen molar-refractivity contribution in [2.24, 2.45) is 118 Å². The maximum absolute atomic E-state index is 12.6. The summed E-state index contributed by atoms with van der Waals surface area (Å²) in [5, 5.41) is 22.8. The molecule has 0 bridgehead atoms. The van der Waals surface area contributed by atoms with Gasteiger partial charge >= 0.3 is 6.18 Å². The van der Waals surface area contributed by atoms with Crippen LogP contribution in [0, 0.1) is 123 Å². The van der Waals surface area contributed by atoms with Gasteiger partial charge in [0.1, 0.15) is 29.6 Å². The van der Waals surface area contributed by atoms with Gasteiger partial charge in [-0.15, -0.1) is 0 Å². The zero-order chi connectivity index (χ0) is 82.8. The van der Waals surface area contributed by atoms with E-state index in [4.69, 9.17) is 5.21 Å². The van der Waals surface area contributed by atoms with Gasteiger partial charge in [-0.25, -0.2) is 0 Å². The molecule has 4 unspecified atom stereocenters. The predicted octanol–water partition coefficient (Wildman–Crippen LogP) is 9.88. The van der Waals surface area contributed by atoms with Crippen molar-refractivity contribution < 1.29 is 119 Å². The molecule has 24 nitrogen and oxygen atoms in total. The van der Waals surface area contributed by atoms with Crippen molar-refractivity contribution in [3.05, 3.63) is 10.1 Å². The van der Waals surface area contributed by atoms with E-state index in [0.29, 0.717) is 12.2 Å². The first-order valence-corrected chi connectivity index (χ1v) is 34.9. The molecule has 5 saturated carbocycles. The van der Waals surface area contributed by atoms with Crippen molar-refractivity contribution >= 4 is 128 Å². The van der Waals surface area contributed by atoms with E-state index in [-0.39, 0.29) is 42.6 Å². The lowest BCUT2D eigenvalue weighted by Gasteiger charge is -2.40. The van der Waals surface area contributed by atoms with Crippen LogP contribution in [0.3, 0.4) is 0 Å². The second-order valence-corrected chi connectivity index (χ2v) is 34.5. The van der Waals surface area contributed by atoms with Gasteiger partial charge in [0.25, 0.3) is 0 Å². The summed E-state index contributed by atoms with van der Waals surface area (Å²) >= 11 is 4.11. The van der Waals surface area contributed by atoms with Crippen LogP contribution in [0.4, 0.5) is 17.6 Å². The molecule has 0 amide bonds. The van der Waals surface area contributed by atoms with E-state index in [9.17, 15) is 119 Å². The van der Waals surface area contributed by atoms with E-state index in [2.05, 4.69) is 17.8 Å². The number of rotatable bonds is 19. The third kappa shape index (κ3) is 19.1. The number of hydrogen-bond donors (Lipinski definition) is 2. The Morgan fingerprint density at radius 3 is 0.779 bits per heavy atom. The van der Waals surface area contributed by atoms with E-state index in [0.717, 1.165) is 6.92 Å². The third-order valence-corrected chi connectivity index (χ3v) is 21.2. The Morgan fingerprint density at radius 2 is 0.596 bits per heavy atom. The summed E-state index contributed by atoms with van der Waals surface area (Å²) in [6, 6.07) is 0. The minimum absolute atomic E-state index is 0.00436. The van der Waals surface area contributed by atoms with Crippen LogP contribution in [0.2, 0.25) is 0 Å². The van der Waals surface area contributed by atoms with Gasteiger partial charge in [0, 0.05) is 36.5 Å². The van der Waals surface area contributed by atoms with Crippen molar-refractivity contribution in [3.63, 3.8) is 0 Å². The summed E-state index contributed by atoms with van der Waals surface area (Å²) in [6.07, 6.45) is -5.46. The highest BCUT2D eigenvalue weighted by atomic mass is 32.1. The van der Waals surface area contributed by atoms with E-state index in [1.807, 2.05) is 20.8 Å². The lowest BCUT2D eigenvalue weighted by molar-refractivity contribution is -0.487. The molecule has 0 aromatic carbocycles. The normalized spacial score (nSPS) is 23.4. The Labute approximate surface area is 610 Å². The molecule has 0 aromatic rings. The zero-order valence-corrected chi connectivity index (χ0v) is 65.7. The number of halogens is 4. The predicted molar refractivity (Wildman–Crippen MR) is 372 cm³/mol. The number of oxime groups is 1. The molecule has 5 aliphatic rings. The zero-order valence-electron chi connectivity index (χ0n) is 64.8. The Morgan fingerprint density at radius 1 is 0.394 bits per heavy atom. The SMILES string of the molecule is CC(C)C/C(=N\O)C1C(=O)C(C)(C)C(=O)C(C)(C)C1=O.CC(CC(=O)C1C(=O)C(C)(C)C(=O)C(C)(C)C1=O)C(F)(F)F.CC(CC(=O)C1C(=O)C(C)(C)C(=O)C(C)(C)C1=O)C[N+](=O)[O-].CC(CF)CC(=O)C1C(=O)C(C)(C)C(=O)C(C)(C)C1=O.CC(CS)CC(=O)C1C(=O)C(C)(C)C(=O)C(C)(C)C1=O. The number of nitro groups is 1. The van der Waals surface area contributed by atoms with Gasteiger partial charge in [-0.2, -0.15) is 25.8 Å². The summed E-state index contributed by atoms with van der Waals surface area (Å²) in [5.41, 5.74) is -13.6. The van der Waals surface area contributed by atoms with Crippen molar-refractivity contribution in [3.8, 4) is 0 Å². The molecule has 0 heterocycles. The average molecular weight is 1500 g/mol. The van der Waals surface area contributed by atoms with Crippen LogP contribution in [-0.4, -0.2) is 151 Å². The van der Waals surface area contributed by atoms with Crippen molar-refractivity contribution in [1.29, 1.82) is 0 Å². The number of alkyl halides is 4. The summed E-state index contributed by atoms with van der Waals surface area (Å²) in [6.45, 7) is 37.1. The Balaban J connectivity index is 0.000000650. The number of hydrogen-bond acceptors (Lipinski definition) is 24. The van der Waals surface area contributed by atoms with Crippen LogP contribution in [0.5, 0.6) is 0 Å². The first-order chi connectivity index (χ1) is 46.4. The quantitative estimate of drug-likeness (QED) is 0.0231. The fourth-order valence-electron chi connectivity index (χ4n) is 13.7. The lowest BCUT2D eigenvalue weighted by Crippen LogP contribution is -2.59. The summed E-state index contributed by atoms with van der Waals surface area (Å²) < 4.78 is 50.2. The molecular formula is C75H106F4N2O22S. The minimum Gasteiger partial charge on any atom is -0.411 e. The van der Waals surface area contributed by atoms with Crippen molar-refractivity contribution in [2.45, 2.75) is 218 Å². The lowest BCUT2D eigenvalue weighted by atomic mass is 9.57. The van der Waals surface area contributed by atoms with Gasteiger partial charge in [-0.1, -0.05) is 46.7 Å². The van der Waals surface area contributed by atoms with Crippen LogP contribution < -0.4 is 0 Å². The number of ketones is 19. The summed E-state index contributed by atoms with van der Waals surface area (Å²) in [5.74, 6) is -21.3.